The summed E-state index contributed by atoms with van der Waals surface area (Å²) in [6, 6.07) is 8.19. The maximum Gasteiger partial charge on any atom is 0.251 e. The molecule has 8 heteroatoms. The van der Waals surface area contributed by atoms with E-state index < -0.39 is 5.91 Å². The number of piperidine rings is 1. The maximum atomic E-state index is 13.4. The van der Waals surface area contributed by atoms with Gasteiger partial charge in [-0.05, 0) is 88.6 Å². The van der Waals surface area contributed by atoms with Gasteiger partial charge in [0.1, 0.15) is 5.82 Å². The zero-order valence-electron chi connectivity index (χ0n) is 21.9. The van der Waals surface area contributed by atoms with Gasteiger partial charge in [-0.15, -0.1) is 0 Å². The summed E-state index contributed by atoms with van der Waals surface area (Å²) < 4.78 is 0. The first kappa shape index (κ1) is 25.2. The molecule has 5 rings (SSSR count). The van der Waals surface area contributed by atoms with Crippen molar-refractivity contribution in [1.29, 1.82) is 0 Å². The number of hydrogen-bond acceptors (Lipinski definition) is 6. The zero-order chi connectivity index (χ0) is 26.3. The quantitative estimate of drug-likeness (QED) is 0.441. The molecule has 196 valence electrons. The Kier molecular flexibility index (Phi) is 6.92. The molecule has 8 nitrogen and oxygen atoms in total. The van der Waals surface area contributed by atoms with Crippen molar-refractivity contribution < 1.29 is 14.4 Å². The number of aromatic nitrogens is 1. The molecule has 0 unspecified atom stereocenters. The van der Waals surface area contributed by atoms with Crippen LogP contribution >= 0.6 is 0 Å². The van der Waals surface area contributed by atoms with Crippen molar-refractivity contribution in [3.8, 4) is 0 Å². The van der Waals surface area contributed by atoms with Gasteiger partial charge in [0.25, 0.3) is 11.8 Å². The number of hydrogen-bond donors (Lipinski definition) is 3. The number of pyridine rings is 1. The monoisotopic (exact) mass is 503 g/mol. The van der Waals surface area contributed by atoms with Gasteiger partial charge in [-0.3, -0.25) is 14.4 Å². The molecule has 2 aromatic rings. The van der Waals surface area contributed by atoms with E-state index in [4.69, 9.17) is 5.73 Å². The van der Waals surface area contributed by atoms with Crippen molar-refractivity contribution in [2.45, 2.75) is 89.9 Å². The highest BCUT2D eigenvalue weighted by molar-refractivity contribution is 6.03. The normalized spacial score (nSPS) is 23.4. The van der Waals surface area contributed by atoms with Gasteiger partial charge in [0.15, 0.2) is 5.78 Å². The third kappa shape index (κ3) is 5.20. The number of primary amides is 1. The topological polar surface area (TPSA) is 117 Å². The van der Waals surface area contributed by atoms with E-state index in [9.17, 15) is 14.4 Å². The molecule has 3 heterocycles. The van der Waals surface area contributed by atoms with Crippen molar-refractivity contribution in [2.24, 2.45) is 11.7 Å². The highest BCUT2D eigenvalue weighted by atomic mass is 16.2. The summed E-state index contributed by atoms with van der Waals surface area (Å²) >= 11 is 0. The molecule has 3 aliphatic rings. The molecule has 0 radical (unpaired) electrons. The van der Waals surface area contributed by atoms with Crippen LogP contribution in [0.5, 0.6) is 0 Å². The molecular weight excluding hydrogens is 466 g/mol. The van der Waals surface area contributed by atoms with E-state index in [0.29, 0.717) is 34.5 Å². The lowest BCUT2D eigenvalue weighted by molar-refractivity contribution is 0.0923. The van der Waals surface area contributed by atoms with E-state index >= 15 is 0 Å². The van der Waals surface area contributed by atoms with Crippen LogP contribution < -0.4 is 21.3 Å². The molecule has 2 aliphatic heterocycles. The molecule has 0 spiro atoms. The van der Waals surface area contributed by atoms with Crippen LogP contribution in [0.25, 0.3) is 0 Å². The Morgan fingerprint density at radius 2 is 1.78 bits per heavy atom. The van der Waals surface area contributed by atoms with Gasteiger partial charge < -0.3 is 21.3 Å². The Balaban J connectivity index is 1.27. The third-order valence-corrected chi connectivity index (χ3v) is 8.20. The third-order valence-electron chi connectivity index (χ3n) is 8.20. The molecular formula is C29H37N5O3. The first-order chi connectivity index (χ1) is 17.7. The van der Waals surface area contributed by atoms with Crippen molar-refractivity contribution >= 4 is 29.1 Å². The molecule has 1 aliphatic carbocycles. The summed E-state index contributed by atoms with van der Waals surface area (Å²) in [6.07, 6.45) is 8.43. The van der Waals surface area contributed by atoms with Gasteiger partial charge >= 0.3 is 0 Å². The number of rotatable bonds is 9. The second kappa shape index (κ2) is 10.1. The summed E-state index contributed by atoms with van der Waals surface area (Å²) in [5.74, 6) is 0.692. The number of carbonyl (C=O) groups is 3. The average Bonchev–Trinajstić information content (AvgIpc) is 3.69. The maximum absolute atomic E-state index is 13.4. The number of fused-ring (bicyclic) bond motifs is 2. The Hall–Kier alpha value is -3.42. The number of amides is 2. The molecule has 4 atom stereocenters. The number of aryl methyl sites for hydroxylation is 1. The first-order valence-corrected chi connectivity index (χ1v) is 13.6. The number of nitrogens with one attached hydrogen (secondary N) is 2. The lowest BCUT2D eigenvalue weighted by atomic mass is 9.95. The van der Waals surface area contributed by atoms with E-state index in [1.54, 1.807) is 18.3 Å². The fourth-order valence-electron chi connectivity index (χ4n) is 5.84. The fourth-order valence-corrected chi connectivity index (χ4v) is 5.84. The van der Waals surface area contributed by atoms with Gasteiger partial charge in [0.05, 0.1) is 5.56 Å². The number of ketones is 1. The Morgan fingerprint density at radius 1 is 1.08 bits per heavy atom. The van der Waals surface area contributed by atoms with Gasteiger partial charge in [0, 0.05) is 53.1 Å². The molecule has 1 saturated carbocycles. The van der Waals surface area contributed by atoms with Gasteiger partial charge in [0.2, 0.25) is 0 Å². The van der Waals surface area contributed by atoms with E-state index in [0.717, 1.165) is 56.3 Å². The molecule has 2 amide bonds. The highest BCUT2D eigenvalue weighted by Gasteiger charge is 2.42. The predicted molar refractivity (Wildman–Crippen MR) is 144 cm³/mol. The lowest BCUT2D eigenvalue weighted by Crippen LogP contribution is -2.50. The number of benzene rings is 1. The minimum atomic E-state index is -0.511. The van der Waals surface area contributed by atoms with Crippen LogP contribution in [0.3, 0.4) is 0 Å². The predicted octanol–water partition coefficient (Wildman–Crippen LogP) is 4.22. The summed E-state index contributed by atoms with van der Waals surface area (Å²) in [5, 5.41) is 6.58. The first-order valence-electron chi connectivity index (χ1n) is 13.6. The van der Waals surface area contributed by atoms with Gasteiger partial charge in [-0.2, -0.15) is 0 Å². The Morgan fingerprint density at radius 3 is 2.35 bits per heavy atom. The Bertz CT molecular complexity index is 1190. The van der Waals surface area contributed by atoms with Crippen molar-refractivity contribution in [3.63, 3.8) is 0 Å². The van der Waals surface area contributed by atoms with E-state index in [2.05, 4.69) is 27.4 Å². The van der Waals surface area contributed by atoms with E-state index in [1.165, 1.54) is 0 Å². The lowest BCUT2D eigenvalue weighted by Gasteiger charge is -2.40. The number of anilines is 2. The molecule has 2 saturated heterocycles. The SMILES string of the molecule is CC[C@@H](C)Nc1cc(C(=O)N[C@H]2C[C@H]3CC[C@@H](C2)N3c2ccc(C(=O)C3CC3)cn2)c(C)cc1C(N)=O. The summed E-state index contributed by atoms with van der Waals surface area (Å²) in [4.78, 5) is 44.7. The second-order valence-corrected chi connectivity index (χ2v) is 11.0. The summed E-state index contributed by atoms with van der Waals surface area (Å²) in [7, 11) is 0. The minimum absolute atomic E-state index is 0.0677. The number of nitrogens with two attached hydrogens (primary N) is 1. The van der Waals surface area contributed by atoms with Crippen molar-refractivity contribution in [3.05, 3.63) is 52.7 Å². The van der Waals surface area contributed by atoms with Crippen LogP contribution in [0.2, 0.25) is 0 Å². The van der Waals surface area contributed by atoms with Crippen LogP contribution in [-0.4, -0.2) is 46.7 Å². The largest absolute Gasteiger partial charge is 0.382 e. The van der Waals surface area contributed by atoms with E-state index in [-0.39, 0.29) is 29.7 Å². The van der Waals surface area contributed by atoms with Gasteiger partial charge in [-0.1, -0.05) is 6.92 Å². The average molecular weight is 504 g/mol. The standard InChI is InChI=1S/C29H37N5O3/c1-4-17(3)32-25-14-23(16(2)11-24(25)28(30)36)29(37)33-20-12-21-8-9-22(13-20)34(21)26-10-7-19(15-31-26)27(35)18-5-6-18/h7,10-11,14-15,17-18,20-22,32H,4-6,8-9,12-13H2,1-3H3,(H2,30,36)(H,33,37)/t17-,20-,21+,22-/m1/s1. The van der Waals surface area contributed by atoms with Crippen LogP contribution in [0.1, 0.15) is 95.4 Å². The van der Waals surface area contributed by atoms with Crippen LogP contribution in [-0.2, 0) is 0 Å². The van der Waals surface area contributed by atoms with Crippen LogP contribution in [0.15, 0.2) is 30.5 Å². The second-order valence-electron chi connectivity index (χ2n) is 11.0. The summed E-state index contributed by atoms with van der Waals surface area (Å²) in [5.41, 5.74) is 8.60. The molecule has 3 fully saturated rings. The Labute approximate surface area is 218 Å². The molecule has 2 bridgehead atoms. The smallest absolute Gasteiger partial charge is 0.251 e. The fraction of sp³-hybridized carbons (Fsp3) is 0.517. The van der Waals surface area contributed by atoms with Gasteiger partial charge in [-0.25, -0.2) is 4.98 Å². The number of Topliss-reactive ketones (excluding diaryl/α,β-unsaturated/α-hetero) is 1. The number of nitrogens with zero attached hydrogens (tertiary/aromatic N) is 2. The zero-order valence-corrected chi connectivity index (χ0v) is 21.9. The van der Waals surface area contributed by atoms with E-state index in [1.807, 2.05) is 26.0 Å². The molecule has 37 heavy (non-hydrogen) atoms. The summed E-state index contributed by atoms with van der Waals surface area (Å²) in [6.45, 7) is 5.92. The molecule has 1 aromatic carbocycles. The highest BCUT2D eigenvalue weighted by Crippen LogP contribution is 2.39. The molecule has 4 N–H and O–H groups in total. The molecule has 1 aromatic heterocycles. The van der Waals surface area contributed by atoms with Crippen LogP contribution in [0.4, 0.5) is 11.5 Å². The van der Waals surface area contributed by atoms with Crippen LogP contribution in [0, 0.1) is 12.8 Å². The van der Waals surface area contributed by atoms with Crippen molar-refractivity contribution in [1.82, 2.24) is 10.3 Å². The minimum Gasteiger partial charge on any atom is -0.382 e. The number of carbonyl (C=O) groups excluding carboxylic acids is 3. The van der Waals surface area contributed by atoms with Crippen molar-refractivity contribution in [2.75, 3.05) is 10.2 Å².